The molecule has 0 bridgehead atoms. The van der Waals surface area contributed by atoms with Gasteiger partial charge in [-0.05, 0) is 49.5 Å². The van der Waals surface area contributed by atoms with E-state index in [4.69, 9.17) is 38.0 Å². The highest BCUT2D eigenvalue weighted by molar-refractivity contribution is 9.10. The van der Waals surface area contributed by atoms with Crippen molar-refractivity contribution in [3.05, 3.63) is 45.9 Å². The van der Waals surface area contributed by atoms with Crippen LogP contribution in [0.1, 0.15) is 6.92 Å². The molecule has 0 aromatic heterocycles. The number of amides is 1. The van der Waals surface area contributed by atoms with E-state index >= 15 is 0 Å². The van der Waals surface area contributed by atoms with Gasteiger partial charge in [-0.2, -0.15) is 0 Å². The Labute approximate surface area is 174 Å². The second-order valence-electron chi connectivity index (χ2n) is 5.47. The highest BCUT2D eigenvalue weighted by atomic mass is 79.9. The minimum Gasteiger partial charge on any atom is -0.481 e. The molecule has 7 nitrogen and oxygen atoms in total. The molecule has 1 atom stereocenters. The first-order chi connectivity index (χ1) is 12.9. The maximum atomic E-state index is 12.2. The molecule has 3 N–H and O–H groups in total. The van der Waals surface area contributed by atoms with Gasteiger partial charge in [-0.25, -0.2) is 0 Å². The Morgan fingerprint density at radius 1 is 1.22 bits per heavy atom. The van der Waals surface area contributed by atoms with Crippen LogP contribution >= 0.6 is 39.7 Å². The summed E-state index contributed by atoms with van der Waals surface area (Å²) in [5, 5.41) is 3.56. The number of hydrogen-bond acceptors (Lipinski definition) is 5. The molecule has 0 unspecified atom stereocenters. The zero-order valence-electron chi connectivity index (χ0n) is 14.0. The van der Waals surface area contributed by atoms with E-state index in [2.05, 4.69) is 32.1 Å². The number of hydrazine groups is 1. The van der Waals surface area contributed by atoms with E-state index in [0.29, 0.717) is 28.0 Å². The molecule has 2 aromatic carbocycles. The van der Waals surface area contributed by atoms with Crippen molar-refractivity contribution in [1.82, 2.24) is 10.9 Å². The number of thiocarbonyl (C=S) groups is 1. The van der Waals surface area contributed by atoms with Gasteiger partial charge in [0, 0.05) is 10.5 Å². The molecule has 1 amide bonds. The van der Waals surface area contributed by atoms with Crippen LogP contribution in [0.3, 0.4) is 0 Å². The van der Waals surface area contributed by atoms with Crippen LogP contribution in [0, 0.1) is 0 Å². The molecule has 0 fully saturated rings. The molecule has 27 heavy (non-hydrogen) atoms. The van der Waals surface area contributed by atoms with Crippen molar-refractivity contribution >= 4 is 56.5 Å². The summed E-state index contributed by atoms with van der Waals surface area (Å²) in [5.41, 5.74) is 5.69. The summed E-state index contributed by atoms with van der Waals surface area (Å²) in [6, 6.07) is 10.4. The van der Waals surface area contributed by atoms with Crippen molar-refractivity contribution in [2.24, 2.45) is 0 Å². The molecule has 142 valence electrons. The van der Waals surface area contributed by atoms with Crippen molar-refractivity contribution in [1.29, 1.82) is 0 Å². The van der Waals surface area contributed by atoms with Gasteiger partial charge in [-0.15, -0.1) is 0 Å². The zero-order valence-corrected chi connectivity index (χ0v) is 17.2. The lowest BCUT2D eigenvalue weighted by Crippen LogP contribution is -2.48. The first-order valence-electron chi connectivity index (χ1n) is 7.80. The number of carbonyl (C=O) groups is 1. The summed E-state index contributed by atoms with van der Waals surface area (Å²) in [6.45, 7) is 1.79. The van der Waals surface area contributed by atoms with Gasteiger partial charge in [0.2, 0.25) is 6.79 Å². The Morgan fingerprint density at radius 3 is 2.78 bits per heavy atom. The van der Waals surface area contributed by atoms with E-state index in [1.807, 2.05) is 6.07 Å². The number of ether oxygens (including phenoxy) is 3. The smallest absolute Gasteiger partial charge is 0.279 e. The maximum absolute atomic E-state index is 12.2. The Bertz CT molecular complexity index is 883. The summed E-state index contributed by atoms with van der Waals surface area (Å²) in [7, 11) is 0. The van der Waals surface area contributed by atoms with Crippen molar-refractivity contribution in [2.75, 3.05) is 12.1 Å². The van der Waals surface area contributed by atoms with Gasteiger partial charge >= 0.3 is 0 Å². The Kier molecular flexibility index (Phi) is 6.25. The number of rotatable bonds is 4. The van der Waals surface area contributed by atoms with Crippen LogP contribution in [0.2, 0.25) is 5.02 Å². The Hall–Kier alpha value is -2.23. The van der Waals surface area contributed by atoms with Crippen molar-refractivity contribution in [3.8, 4) is 17.2 Å². The summed E-state index contributed by atoms with van der Waals surface area (Å²) >= 11 is 14.6. The number of nitrogens with one attached hydrogen (secondary N) is 3. The molecule has 0 aliphatic carbocycles. The highest BCUT2D eigenvalue weighted by Crippen LogP contribution is 2.35. The number of benzene rings is 2. The fraction of sp³-hybridized carbons (Fsp3) is 0.176. The predicted octanol–water partition coefficient (Wildman–Crippen LogP) is 3.62. The normalized spacial score (nSPS) is 12.9. The van der Waals surface area contributed by atoms with Crippen LogP contribution in [0.5, 0.6) is 17.2 Å². The van der Waals surface area contributed by atoms with E-state index in [1.54, 1.807) is 37.3 Å². The number of hydrogen-bond donors (Lipinski definition) is 3. The van der Waals surface area contributed by atoms with Gasteiger partial charge < -0.3 is 19.5 Å². The van der Waals surface area contributed by atoms with Gasteiger partial charge in [0.25, 0.3) is 5.91 Å². The molecular formula is C17H15BrClN3O4S. The molecule has 1 heterocycles. The third-order valence-electron chi connectivity index (χ3n) is 3.50. The van der Waals surface area contributed by atoms with E-state index in [0.717, 1.165) is 4.47 Å². The van der Waals surface area contributed by atoms with Gasteiger partial charge in [0.1, 0.15) is 5.75 Å². The molecule has 1 aliphatic heterocycles. The van der Waals surface area contributed by atoms with Crippen molar-refractivity contribution in [3.63, 3.8) is 0 Å². The zero-order chi connectivity index (χ0) is 19.4. The van der Waals surface area contributed by atoms with Crippen LogP contribution in [-0.2, 0) is 4.79 Å². The summed E-state index contributed by atoms with van der Waals surface area (Å²) in [6.07, 6.45) is -0.767. The lowest BCUT2D eigenvalue weighted by molar-refractivity contribution is -0.127. The van der Waals surface area contributed by atoms with Crippen LogP contribution in [0.4, 0.5) is 5.69 Å². The van der Waals surface area contributed by atoms with E-state index in [-0.39, 0.29) is 11.9 Å². The quantitative estimate of drug-likeness (QED) is 0.463. The lowest BCUT2D eigenvalue weighted by Gasteiger charge is -2.17. The molecular weight excluding hydrogens is 458 g/mol. The van der Waals surface area contributed by atoms with Gasteiger partial charge in [0.15, 0.2) is 22.7 Å². The molecule has 10 heteroatoms. The molecule has 0 spiro atoms. The van der Waals surface area contributed by atoms with Crippen molar-refractivity contribution in [2.45, 2.75) is 13.0 Å². The Balaban J connectivity index is 1.48. The third kappa shape index (κ3) is 5.15. The average molecular weight is 473 g/mol. The fourth-order valence-corrected chi connectivity index (χ4v) is 3.05. The van der Waals surface area contributed by atoms with Crippen LogP contribution in [0.15, 0.2) is 40.9 Å². The van der Waals surface area contributed by atoms with E-state index < -0.39 is 12.0 Å². The van der Waals surface area contributed by atoms with E-state index in [1.165, 1.54) is 0 Å². The minimum atomic E-state index is -0.767. The molecule has 2 aromatic rings. The largest absolute Gasteiger partial charge is 0.481 e. The Morgan fingerprint density at radius 2 is 2.00 bits per heavy atom. The second kappa shape index (κ2) is 8.64. The summed E-state index contributed by atoms with van der Waals surface area (Å²) < 4.78 is 17.0. The molecule has 0 radical (unpaired) electrons. The lowest BCUT2D eigenvalue weighted by atomic mass is 10.3. The van der Waals surface area contributed by atoms with Crippen LogP contribution in [0.25, 0.3) is 0 Å². The number of fused-ring (bicyclic) bond motifs is 1. The maximum Gasteiger partial charge on any atom is 0.279 e. The average Bonchev–Trinajstić information content (AvgIpc) is 3.09. The SMILES string of the molecule is C[C@@H](Oc1ccc2c(c1)OCO2)C(=O)NNC(=S)Nc1ccc(Br)cc1Cl. The first kappa shape index (κ1) is 19.5. The third-order valence-corrected chi connectivity index (χ3v) is 4.51. The monoisotopic (exact) mass is 471 g/mol. The second-order valence-corrected chi connectivity index (χ2v) is 7.20. The first-order valence-corrected chi connectivity index (χ1v) is 9.38. The van der Waals surface area contributed by atoms with Gasteiger partial charge in [-0.3, -0.25) is 15.6 Å². The molecule has 1 aliphatic rings. The van der Waals surface area contributed by atoms with Crippen LogP contribution in [-0.4, -0.2) is 23.9 Å². The molecule has 0 saturated carbocycles. The fourth-order valence-electron chi connectivity index (χ4n) is 2.17. The number of halogens is 2. The van der Waals surface area contributed by atoms with Gasteiger partial charge in [-0.1, -0.05) is 27.5 Å². The standard InChI is InChI=1S/C17H15BrClN3O4S/c1-9(26-11-3-5-14-15(7-11)25-8-24-14)16(23)21-22-17(27)20-13-4-2-10(18)6-12(13)19/h2-7,9H,8H2,1H3,(H,21,23)(H2,20,22,27)/t9-/m1/s1. The predicted molar refractivity (Wildman–Crippen MR) is 109 cm³/mol. The number of carbonyl (C=O) groups excluding carboxylic acids is 1. The summed E-state index contributed by atoms with van der Waals surface area (Å²) in [4.78, 5) is 12.2. The van der Waals surface area contributed by atoms with E-state index in [9.17, 15) is 4.79 Å². The van der Waals surface area contributed by atoms with Gasteiger partial charge in [0.05, 0.1) is 10.7 Å². The topological polar surface area (TPSA) is 80.9 Å². The highest BCUT2D eigenvalue weighted by Gasteiger charge is 2.18. The molecule has 3 rings (SSSR count). The van der Waals surface area contributed by atoms with Crippen LogP contribution < -0.4 is 30.4 Å². The minimum absolute atomic E-state index is 0.172. The van der Waals surface area contributed by atoms with Crippen molar-refractivity contribution < 1.29 is 19.0 Å². The molecule has 0 saturated heterocycles. The summed E-state index contributed by atoms with van der Waals surface area (Å²) in [5.74, 6) is 1.31. The number of anilines is 1.